The van der Waals surface area contributed by atoms with E-state index in [1.54, 1.807) is 26.1 Å². The Morgan fingerprint density at radius 2 is 1.86 bits per heavy atom. The molecule has 2 heterocycles. The van der Waals surface area contributed by atoms with Gasteiger partial charge in [-0.25, -0.2) is 9.97 Å². The molecule has 0 spiro atoms. The van der Waals surface area contributed by atoms with Crippen LogP contribution >= 0.6 is 0 Å². The number of nitrogens with one attached hydrogen (secondary N) is 1. The molecule has 4 aromatic rings. The summed E-state index contributed by atoms with van der Waals surface area (Å²) in [4.78, 5) is 26.1. The number of nitrogens with zero attached hydrogens (tertiary/aromatic N) is 3. The predicted molar refractivity (Wildman–Crippen MR) is 109 cm³/mol. The summed E-state index contributed by atoms with van der Waals surface area (Å²) in [6.45, 7) is 0. The average Bonchev–Trinajstić information content (AvgIpc) is 3.17. The van der Waals surface area contributed by atoms with Crippen LogP contribution in [0.4, 0.5) is 0 Å². The minimum Gasteiger partial charge on any atom is -0.496 e. The van der Waals surface area contributed by atoms with Crippen LogP contribution < -0.4 is 4.74 Å². The molecular weight excluding hydrogens is 352 g/mol. The van der Waals surface area contributed by atoms with Gasteiger partial charge in [-0.1, -0.05) is 30.3 Å². The van der Waals surface area contributed by atoms with Crippen molar-refractivity contribution in [2.75, 3.05) is 21.2 Å². The Bertz CT molecular complexity index is 1160. The smallest absolute Gasteiger partial charge is 0.253 e. The molecule has 6 heteroatoms. The van der Waals surface area contributed by atoms with Gasteiger partial charge in [0.2, 0.25) is 0 Å². The lowest BCUT2D eigenvalue weighted by Gasteiger charge is -2.12. The fraction of sp³-hybridized carbons (Fsp3) is 0.136. The van der Waals surface area contributed by atoms with Crippen LogP contribution in [-0.2, 0) is 0 Å². The summed E-state index contributed by atoms with van der Waals surface area (Å²) in [5.41, 5.74) is 4.87. The Morgan fingerprint density at radius 1 is 1.04 bits per heavy atom. The Hall–Kier alpha value is -3.67. The van der Waals surface area contributed by atoms with Gasteiger partial charge in [-0.15, -0.1) is 0 Å². The van der Waals surface area contributed by atoms with Crippen molar-refractivity contribution in [1.29, 1.82) is 0 Å². The summed E-state index contributed by atoms with van der Waals surface area (Å²) >= 11 is 0. The van der Waals surface area contributed by atoms with Gasteiger partial charge in [0.15, 0.2) is 0 Å². The van der Waals surface area contributed by atoms with Crippen molar-refractivity contribution in [3.05, 3.63) is 66.6 Å². The second-order valence-corrected chi connectivity index (χ2v) is 6.63. The van der Waals surface area contributed by atoms with E-state index in [1.807, 2.05) is 54.7 Å². The maximum absolute atomic E-state index is 12.4. The molecule has 0 bridgehead atoms. The van der Waals surface area contributed by atoms with Crippen LogP contribution in [0.1, 0.15) is 10.4 Å². The normalized spacial score (nSPS) is 10.8. The van der Waals surface area contributed by atoms with Crippen LogP contribution in [0.2, 0.25) is 0 Å². The van der Waals surface area contributed by atoms with Crippen LogP contribution in [-0.4, -0.2) is 47.0 Å². The van der Waals surface area contributed by atoms with E-state index in [0.717, 1.165) is 39.2 Å². The van der Waals surface area contributed by atoms with Crippen LogP contribution in [0.3, 0.4) is 0 Å². The number of H-pyrrole nitrogens is 1. The first-order valence-corrected chi connectivity index (χ1v) is 8.87. The number of carbonyl (C=O) groups is 1. The van der Waals surface area contributed by atoms with Crippen molar-refractivity contribution in [3.8, 4) is 28.1 Å². The fourth-order valence-corrected chi connectivity index (χ4v) is 3.32. The molecule has 0 unspecified atom stereocenters. The molecule has 0 atom stereocenters. The van der Waals surface area contributed by atoms with Gasteiger partial charge in [0.05, 0.1) is 18.2 Å². The third-order valence-corrected chi connectivity index (χ3v) is 4.66. The number of benzene rings is 2. The summed E-state index contributed by atoms with van der Waals surface area (Å²) in [6.07, 6.45) is 3.44. The zero-order valence-corrected chi connectivity index (χ0v) is 15.9. The first kappa shape index (κ1) is 17.7. The number of amides is 1. The van der Waals surface area contributed by atoms with Crippen LogP contribution in [0.5, 0.6) is 5.75 Å². The summed E-state index contributed by atoms with van der Waals surface area (Å²) in [5.74, 6) is 0.723. The Balaban J connectivity index is 1.94. The van der Waals surface area contributed by atoms with Crippen molar-refractivity contribution in [2.24, 2.45) is 0 Å². The zero-order chi connectivity index (χ0) is 19.7. The van der Waals surface area contributed by atoms with E-state index in [9.17, 15) is 4.79 Å². The highest BCUT2D eigenvalue weighted by Gasteiger charge is 2.17. The minimum atomic E-state index is -0.0498. The summed E-state index contributed by atoms with van der Waals surface area (Å²) in [5, 5.41) is 0.890. The van der Waals surface area contributed by atoms with Crippen LogP contribution in [0, 0.1) is 0 Å². The van der Waals surface area contributed by atoms with E-state index < -0.39 is 0 Å². The van der Waals surface area contributed by atoms with Gasteiger partial charge in [0.1, 0.15) is 17.7 Å². The van der Waals surface area contributed by atoms with Gasteiger partial charge in [-0.05, 0) is 18.2 Å². The van der Waals surface area contributed by atoms with Gasteiger partial charge in [-0.2, -0.15) is 0 Å². The quantitative estimate of drug-likeness (QED) is 0.588. The van der Waals surface area contributed by atoms with Gasteiger partial charge in [-0.3, -0.25) is 4.79 Å². The van der Waals surface area contributed by atoms with Crippen molar-refractivity contribution < 1.29 is 9.53 Å². The van der Waals surface area contributed by atoms with Crippen molar-refractivity contribution in [3.63, 3.8) is 0 Å². The third-order valence-electron chi connectivity index (χ3n) is 4.66. The second kappa shape index (κ2) is 7.15. The third kappa shape index (κ3) is 2.99. The number of rotatable bonds is 4. The van der Waals surface area contributed by atoms with Crippen LogP contribution in [0.15, 0.2) is 61.1 Å². The molecule has 6 nitrogen and oxygen atoms in total. The zero-order valence-electron chi connectivity index (χ0n) is 15.9. The maximum atomic E-state index is 12.4. The Morgan fingerprint density at radius 3 is 2.64 bits per heavy atom. The largest absolute Gasteiger partial charge is 0.496 e. The Kier molecular flexibility index (Phi) is 4.53. The highest BCUT2D eigenvalue weighted by molar-refractivity contribution is 6.04. The fourth-order valence-electron chi connectivity index (χ4n) is 3.32. The molecule has 2 aromatic carbocycles. The number of methoxy groups -OCH3 is 1. The molecule has 1 N–H and O–H groups in total. The van der Waals surface area contributed by atoms with E-state index in [-0.39, 0.29) is 5.91 Å². The van der Waals surface area contributed by atoms with Crippen LogP contribution in [0.25, 0.3) is 33.4 Å². The van der Waals surface area contributed by atoms with Gasteiger partial charge in [0, 0.05) is 42.5 Å². The molecule has 4 rings (SSSR count). The van der Waals surface area contributed by atoms with Gasteiger partial charge >= 0.3 is 0 Å². The molecule has 0 aliphatic heterocycles. The second-order valence-electron chi connectivity index (χ2n) is 6.63. The number of aromatic nitrogens is 3. The standard InChI is InChI=1S/C22H20N4O2/c1-26(2)22(27)15-8-6-7-14(11-15)20-19-17(12-23-21(19)25-13-24-20)16-9-4-5-10-18(16)28-3/h4-13H,1-3H3,(H,23,24,25). The first-order valence-electron chi connectivity index (χ1n) is 8.87. The van der Waals surface area contributed by atoms with E-state index in [1.165, 1.54) is 6.33 Å². The molecule has 0 aliphatic rings. The average molecular weight is 372 g/mol. The molecule has 0 radical (unpaired) electrons. The highest BCUT2D eigenvalue weighted by atomic mass is 16.5. The van der Waals surface area contributed by atoms with Gasteiger partial charge in [0.25, 0.3) is 5.91 Å². The number of ether oxygens (including phenoxy) is 1. The maximum Gasteiger partial charge on any atom is 0.253 e. The number of carbonyl (C=O) groups excluding carboxylic acids is 1. The summed E-state index contributed by atoms with van der Waals surface area (Å²) in [6, 6.07) is 15.3. The van der Waals surface area contributed by atoms with Crippen molar-refractivity contribution in [1.82, 2.24) is 19.9 Å². The molecular formula is C22H20N4O2. The number of hydrogen-bond acceptors (Lipinski definition) is 4. The molecule has 2 aromatic heterocycles. The minimum absolute atomic E-state index is 0.0498. The SMILES string of the molecule is COc1ccccc1-c1c[nH]c2ncnc(-c3cccc(C(=O)N(C)C)c3)c12. The lowest BCUT2D eigenvalue weighted by Crippen LogP contribution is -2.21. The molecule has 140 valence electrons. The Labute approximate surface area is 162 Å². The number of hydrogen-bond donors (Lipinski definition) is 1. The lowest BCUT2D eigenvalue weighted by molar-refractivity contribution is 0.0827. The van der Waals surface area contributed by atoms with E-state index in [2.05, 4.69) is 15.0 Å². The van der Waals surface area contributed by atoms with Crippen molar-refractivity contribution >= 4 is 16.9 Å². The molecule has 0 saturated carbocycles. The lowest BCUT2D eigenvalue weighted by atomic mass is 9.99. The highest BCUT2D eigenvalue weighted by Crippen LogP contribution is 2.38. The summed E-state index contributed by atoms with van der Waals surface area (Å²) < 4.78 is 5.54. The van der Waals surface area contributed by atoms with E-state index in [4.69, 9.17) is 4.74 Å². The monoisotopic (exact) mass is 372 g/mol. The number of aromatic amines is 1. The molecule has 0 aliphatic carbocycles. The molecule has 0 saturated heterocycles. The summed E-state index contributed by atoms with van der Waals surface area (Å²) in [7, 11) is 5.13. The van der Waals surface area contributed by atoms with E-state index >= 15 is 0 Å². The first-order chi connectivity index (χ1) is 13.6. The topological polar surface area (TPSA) is 71.1 Å². The molecule has 28 heavy (non-hydrogen) atoms. The predicted octanol–water partition coefficient (Wildman–Crippen LogP) is 4.00. The van der Waals surface area contributed by atoms with Crippen molar-refractivity contribution in [2.45, 2.75) is 0 Å². The molecule has 0 fully saturated rings. The van der Waals surface area contributed by atoms with Gasteiger partial charge < -0.3 is 14.6 Å². The number of para-hydroxylation sites is 1. The number of fused-ring (bicyclic) bond motifs is 1. The molecule has 1 amide bonds. The van der Waals surface area contributed by atoms with E-state index in [0.29, 0.717) is 5.56 Å².